The van der Waals surface area contributed by atoms with Crippen molar-refractivity contribution in [3.8, 4) is 17.2 Å². The maximum atomic E-state index is 12.9. The molecule has 3 aromatic rings. The zero-order valence-electron chi connectivity index (χ0n) is 17.4. The van der Waals surface area contributed by atoms with Gasteiger partial charge in [0.25, 0.3) is 11.8 Å². The average molecular weight is 587 g/mol. The Hall–Kier alpha value is -3.63. The number of nitrogens with one attached hydrogen (secondary N) is 2. The lowest BCUT2D eigenvalue weighted by Crippen LogP contribution is -2.32. The van der Waals surface area contributed by atoms with Crippen LogP contribution in [0.25, 0.3) is 6.08 Å². The third-order valence-electron chi connectivity index (χ3n) is 4.67. The summed E-state index contributed by atoms with van der Waals surface area (Å²) in [5, 5.41) is 16.5. The molecule has 2 amide bonds. The Labute approximate surface area is 211 Å². The molecule has 3 N–H and O–H groups in total. The van der Waals surface area contributed by atoms with Gasteiger partial charge in [0.2, 0.25) is 6.79 Å². The van der Waals surface area contributed by atoms with Crippen LogP contribution in [0, 0.1) is 0 Å². The lowest BCUT2D eigenvalue weighted by atomic mass is 10.1. The van der Waals surface area contributed by atoms with Crippen molar-refractivity contribution in [2.45, 2.75) is 0 Å². The molecule has 0 radical (unpaired) electrons. The van der Waals surface area contributed by atoms with Crippen LogP contribution in [0.3, 0.4) is 0 Å². The second-order valence-electron chi connectivity index (χ2n) is 7.02. The highest BCUT2D eigenvalue weighted by Gasteiger charge is 2.17. The molecule has 8 nitrogen and oxygen atoms in total. The van der Waals surface area contributed by atoms with Gasteiger partial charge in [-0.15, -0.1) is 0 Å². The molecular formula is C24H17Br2N3O5. The van der Waals surface area contributed by atoms with E-state index in [4.69, 9.17) is 9.47 Å². The van der Waals surface area contributed by atoms with Crippen LogP contribution < -0.4 is 20.2 Å². The van der Waals surface area contributed by atoms with E-state index in [0.717, 1.165) is 0 Å². The van der Waals surface area contributed by atoms with Gasteiger partial charge in [-0.25, -0.2) is 5.43 Å². The van der Waals surface area contributed by atoms with Crippen LogP contribution in [0.1, 0.15) is 21.5 Å². The first kappa shape index (κ1) is 23.5. The molecule has 0 aliphatic carbocycles. The van der Waals surface area contributed by atoms with E-state index in [1.165, 1.54) is 18.4 Å². The molecule has 1 aliphatic rings. The molecule has 0 fully saturated rings. The Bertz CT molecular complexity index is 1310. The first-order valence-corrected chi connectivity index (χ1v) is 11.5. The van der Waals surface area contributed by atoms with Gasteiger partial charge in [-0.1, -0.05) is 40.2 Å². The number of halogens is 2. The van der Waals surface area contributed by atoms with E-state index < -0.39 is 11.8 Å². The van der Waals surface area contributed by atoms with Crippen molar-refractivity contribution in [3.05, 3.63) is 92.0 Å². The molecule has 1 heterocycles. The van der Waals surface area contributed by atoms with Gasteiger partial charge in [0.05, 0.1) is 10.7 Å². The Morgan fingerprint density at radius 2 is 1.74 bits per heavy atom. The molecular weight excluding hydrogens is 570 g/mol. The molecule has 4 rings (SSSR count). The van der Waals surface area contributed by atoms with Crippen LogP contribution in [0.4, 0.5) is 0 Å². The Morgan fingerprint density at radius 1 is 0.971 bits per heavy atom. The van der Waals surface area contributed by atoms with E-state index in [1.807, 2.05) is 0 Å². The summed E-state index contributed by atoms with van der Waals surface area (Å²) in [7, 11) is 0. The Kier molecular flexibility index (Phi) is 7.29. The van der Waals surface area contributed by atoms with Gasteiger partial charge in [0.15, 0.2) is 11.5 Å². The normalized spacial score (nSPS) is 12.6. The average Bonchev–Trinajstić information content (AvgIpc) is 3.30. The molecule has 0 saturated heterocycles. The number of nitrogens with zero attached hydrogens (tertiary/aromatic N) is 1. The van der Waals surface area contributed by atoms with E-state index in [2.05, 4.69) is 47.7 Å². The highest BCUT2D eigenvalue weighted by atomic mass is 79.9. The smallest absolute Gasteiger partial charge is 0.287 e. The van der Waals surface area contributed by atoms with E-state index in [1.54, 1.807) is 54.6 Å². The van der Waals surface area contributed by atoms with Gasteiger partial charge in [-0.2, -0.15) is 5.10 Å². The number of ether oxygens (including phenoxy) is 2. The molecule has 0 bridgehead atoms. The summed E-state index contributed by atoms with van der Waals surface area (Å²) in [6, 6.07) is 16.8. The maximum absolute atomic E-state index is 12.9. The number of hydrazone groups is 1. The summed E-state index contributed by atoms with van der Waals surface area (Å²) in [5.41, 5.74) is 3.92. The van der Waals surface area contributed by atoms with Gasteiger partial charge >= 0.3 is 0 Å². The number of fused-ring (bicyclic) bond motifs is 1. The summed E-state index contributed by atoms with van der Waals surface area (Å²) in [6.45, 7) is 0.122. The van der Waals surface area contributed by atoms with Crippen molar-refractivity contribution in [2.75, 3.05) is 6.79 Å². The predicted octanol–water partition coefficient (Wildman–Crippen LogP) is 4.57. The molecule has 0 atom stereocenters. The van der Waals surface area contributed by atoms with Crippen LogP contribution in [0.5, 0.6) is 17.2 Å². The Balaban J connectivity index is 1.57. The quantitative estimate of drug-likeness (QED) is 0.223. The fourth-order valence-corrected chi connectivity index (χ4v) is 4.08. The molecule has 0 spiro atoms. The summed E-state index contributed by atoms with van der Waals surface area (Å²) < 4.78 is 11.9. The SMILES string of the molecule is O=C(N/N=C/c1cc(O)c(Br)cc1Br)/C(=C\c1ccc2c(c1)OCO2)NC(=O)c1ccccc1. The fraction of sp³-hybridized carbons (Fsp3) is 0.0417. The summed E-state index contributed by atoms with van der Waals surface area (Å²) in [4.78, 5) is 25.6. The van der Waals surface area contributed by atoms with Gasteiger partial charge in [0, 0.05) is 15.6 Å². The molecule has 1 aliphatic heterocycles. The van der Waals surface area contributed by atoms with Crippen molar-refractivity contribution in [1.82, 2.24) is 10.7 Å². The van der Waals surface area contributed by atoms with Gasteiger partial charge < -0.3 is 19.9 Å². The predicted molar refractivity (Wildman–Crippen MR) is 134 cm³/mol. The van der Waals surface area contributed by atoms with E-state index in [0.29, 0.717) is 37.1 Å². The highest BCUT2D eigenvalue weighted by molar-refractivity contribution is 9.11. The van der Waals surface area contributed by atoms with E-state index in [9.17, 15) is 14.7 Å². The lowest BCUT2D eigenvalue weighted by Gasteiger charge is -2.09. The van der Waals surface area contributed by atoms with Gasteiger partial charge in [-0.05, 0) is 64.0 Å². The summed E-state index contributed by atoms with van der Waals surface area (Å²) in [6.07, 6.45) is 2.88. The van der Waals surface area contributed by atoms with Crippen LogP contribution in [-0.4, -0.2) is 29.9 Å². The number of hydrogen-bond donors (Lipinski definition) is 3. The van der Waals surface area contributed by atoms with Crippen molar-refractivity contribution in [3.63, 3.8) is 0 Å². The molecule has 10 heteroatoms. The first-order chi connectivity index (χ1) is 16.4. The number of carbonyl (C=O) groups is 2. The number of aromatic hydroxyl groups is 1. The second kappa shape index (κ2) is 10.5. The minimum absolute atomic E-state index is 0.0227. The number of benzene rings is 3. The van der Waals surface area contributed by atoms with Crippen LogP contribution in [0.2, 0.25) is 0 Å². The molecule has 0 saturated carbocycles. The standard InChI is InChI=1S/C24H17Br2N3O5/c25-17-11-18(26)20(30)10-16(17)12-27-29-24(32)19(28-23(31)15-4-2-1-3-5-15)8-14-6-7-21-22(9-14)34-13-33-21/h1-12,30H,13H2,(H,28,31)(H,29,32)/b19-8+,27-12+. The van der Waals surface area contributed by atoms with Crippen LogP contribution >= 0.6 is 31.9 Å². The summed E-state index contributed by atoms with van der Waals surface area (Å²) in [5.74, 6) is 0.0719. The molecule has 0 unspecified atom stereocenters. The van der Waals surface area contributed by atoms with E-state index in [-0.39, 0.29) is 18.2 Å². The third kappa shape index (κ3) is 5.64. The largest absolute Gasteiger partial charge is 0.507 e. The number of carbonyl (C=O) groups excluding carboxylic acids is 2. The number of phenols is 1. The summed E-state index contributed by atoms with van der Waals surface area (Å²) >= 11 is 6.59. The number of amides is 2. The number of hydrogen-bond acceptors (Lipinski definition) is 6. The van der Waals surface area contributed by atoms with E-state index >= 15 is 0 Å². The number of phenolic OH excluding ortho intramolecular Hbond substituents is 1. The zero-order valence-corrected chi connectivity index (χ0v) is 20.6. The minimum atomic E-state index is -0.643. The minimum Gasteiger partial charge on any atom is -0.507 e. The van der Waals surface area contributed by atoms with Crippen molar-refractivity contribution in [1.29, 1.82) is 0 Å². The molecule has 172 valence electrons. The van der Waals surface area contributed by atoms with Gasteiger partial charge in [0.1, 0.15) is 11.4 Å². The fourth-order valence-electron chi connectivity index (χ4n) is 2.99. The topological polar surface area (TPSA) is 109 Å². The van der Waals surface area contributed by atoms with Crippen molar-refractivity contribution in [2.24, 2.45) is 5.10 Å². The highest BCUT2D eigenvalue weighted by Crippen LogP contribution is 2.33. The Morgan fingerprint density at radius 3 is 2.53 bits per heavy atom. The number of rotatable bonds is 6. The van der Waals surface area contributed by atoms with Crippen molar-refractivity contribution < 1.29 is 24.2 Å². The van der Waals surface area contributed by atoms with Crippen molar-refractivity contribution >= 4 is 56.0 Å². The zero-order chi connectivity index (χ0) is 24.1. The van der Waals surface area contributed by atoms with Crippen LogP contribution in [0.15, 0.2) is 80.4 Å². The van der Waals surface area contributed by atoms with Gasteiger partial charge in [-0.3, -0.25) is 9.59 Å². The maximum Gasteiger partial charge on any atom is 0.287 e. The second-order valence-corrected chi connectivity index (χ2v) is 8.72. The monoisotopic (exact) mass is 585 g/mol. The third-order valence-corrected chi connectivity index (χ3v) is 5.99. The molecule has 3 aromatic carbocycles. The van der Waals surface area contributed by atoms with Crippen LogP contribution in [-0.2, 0) is 4.79 Å². The molecule has 0 aromatic heterocycles. The lowest BCUT2D eigenvalue weighted by molar-refractivity contribution is -0.117. The first-order valence-electron chi connectivity index (χ1n) is 9.90. The molecule has 34 heavy (non-hydrogen) atoms.